The molecular weight excluding hydrogens is 456 g/mol. The van der Waals surface area contributed by atoms with Crippen molar-refractivity contribution in [3.05, 3.63) is 35.5 Å². The topological polar surface area (TPSA) is 110 Å². The SMILES string of the molecule is CCc1cc(N2CCN(C)CC2)ccc1Nc1ncc(C#N)c(NCCCN2CCCCOC2=O)n1. The maximum Gasteiger partial charge on any atom is 0.409 e. The van der Waals surface area contributed by atoms with Crippen molar-refractivity contribution in [1.29, 1.82) is 5.26 Å². The van der Waals surface area contributed by atoms with Crippen molar-refractivity contribution in [3.8, 4) is 6.07 Å². The van der Waals surface area contributed by atoms with E-state index in [2.05, 4.69) is 68.6 Å². The van der Waals surface area contributed by atoms with Gasteiger partial charge in [-0.05, 0) is 56.5 Å². The molecule has 2 aromatic rings. The second-order valence-corrected chi connectivity index (χ2v) is 9.27. The number of aromatic nitrogens is 2. The van der Waals surface area contributed by atoms with E-state index in [4.69, 9.17) is 4.74 Å². The number of hydrogen-bond donors (Lipinski definition) is 2. The van der Waals surface area contributed by atoms with Crippen LogP contribution in [-0.2, 0) is 11.2 Å². The third-order valence-electron chi connectivity index (χ3n) is 6.70. The molecule has 0 unspecified atom stereocenters. The van der Waals surface area contributed by atoms with Gasteiger partial charge in [0.1, 0.15) is 17.5 Å². The fraction of sp³-hybridized carbons (Fsp3) is 0.538. The number of nitrogens with one attached hydrogen (secondary N) is 2. The molecule has 192 valence electrons. The number of nitriles is 1. The highest BCUT2D eigenvalue weighted by Gasteiger charge is 2.18. The van der Waals surface area contributed by atoms with Crippen molar-refractivity contribution in [1.82, 2.24) is 19.8 Å². The van der Waals surface area contributed by atoms with Gasteiger partial charge in [0.05, 0.1) is 12.8 Å². The van der Waals surface area contributed by atoms with Crippen LogP contribution in [-0.4, -0.2) is 85.3 Å². The molecule has 3 heterocycles. The minimum Gasteiger partial charge on any atom is -0.449 e. The van der Waals surface area contributed by atoms with Crippen LogP contribution in [0.5, 0.6) is 0 Å². The Hall–Kier alpha value is -3.58. The zero-order valence-electron chi connectivity index (χ0n) is 21.3. The van der Waals surface area contributed by atoms with Crippen LogP contribution >= 0.6 is 0 Å². The molecule has 2 aliphatic heterocycles. The number of nitrogens with zero attached hydrogens (tertiary/aromatic N) is 6. The lowest BCUT2D eigenvalue weighted by Crippen LogP contribution is -2.44. The van der Waals surface area contributed by atoms with Crippen LogP contribution in [0.25, 0.3) is 0 Å². The molecule has 2 N–H and O–H groups in total. The molecule has 10 heteroatoms. The highest BCUT2D eigenvalue weighted by molar-refractivity contribution is 5.68. The van der Waals surface area contributed by atoms with E-state index in [0.717, 1.165) is 64.1 Å². The van der Waals surface area contributed by atoms with Gasteiger partial charge < -0.3 is 30.1 Å². The van der Waals surface area contributed by atoms with Gasteiger partial charge in [0.2, 0.25) is 5.95 Å². The van der Waals surface area contributed by atoms with Gasteiger partial charge in [-0.15, -0.1) is 0 Å². The smallest absolute Gasteiger partial charge is 0.409 e. The number of benzene rings is 1. The number of piperazine rings is 1. The van der Waals surface area contributed by atoms with Gasteiger partial charge in [0.15, 0.2) is 0 Å². The van der Waals surface area contributed by atoms with Gasteiger partial charge >= 0.3 is 6.09 Å². The molecule has 0 atom stereocenters. The number of amides is 1. The number of hydrogen-bond acceptors (Lipinski definition) is 9. The molecule has 36 heavy (non-hydrogen) atoms. The van der Waals surface area contributed by atoms with Crippen LogP contribution in [0.4, 0.5) is 27.9 Å². The summed E-state index contributed by atoms with van der Waals surface area (Å²) in [6.07, 6.45) is 4.75. The first-order valence-electron chi connectivity index (χ1n) is 12.8. The zero-order valence-corrected chi connectivity index (χ0v) is 21.3. The first-order valence-corrected chi connectivity index (χ1v) is 12.8. The number of rotatable bonds is 9. The number of anilines is 4. The Kier molecular flexibility index (Phi) is 8.79. The Labute approximate surface area is 213 Å². The summed E-state index contributed by atoms with van der Waals surface area (Å²) in [7, 11) is 2.16. The average Bonchev–Trinajstić information content (AvgIpc) is 3.11. The van der Waals surface area contributed by atoms with E-state index in [-0.39, 0.29) is 6.09 Å². The van der Waals surface area contributed by atoms with E-state index in [1.54, 1.807) is 4.90 Å². The standard InChI is InChI=1S/C26H36N8O2/c1-3-20-17-22(33-14-12-32(2)13-15-33)7-8-23(20)30-25-29-19-21(18-27)24(31-25)28-9-6-11-34-10-4-5-16-36-26(34)35/h7-8,17,19H,3-6,9-16H2,1-2H3,(H2,28,29,30,31). The van der Waals surface area contributed by atoms with Crippen LogP contribution in [0.3, 0.4) is 0 Å². The van der Waals surface area contributed by atoms with Crippen LogP contribution in [0.2, 0.25) is 0 Å². The molecule has 0 bridgehead atoms. The Morgan fingerprint density at radius 1 is 1.17 bits per heavy atom. The highest BCUT2D eigenvalue weighted by Crippen LogP contribution is 2.27. The summed E-state index contributed by atoms with van der Waals surface area (Å²) in [4.78, 5) is 27.4. The molecule has 2 fully saturated rings. The maximum atomic E-state index is 12.0. The lowest BCUT2D eigenvalue weighted by molar-refractivity contribution is 0.116. The first kappa shape index (κ1) is 25.5. The Morgan fingerprint density at radius 2 is 2.00 bits per heavy atom. The number of likely N-dealkylation sites (N-methyl/N-ethyl adjacent to an activating group) is 1. The van der Waals surface area contributed by atoms with Crippen molar-refractivity contribution in [2.24, 2.45) is 0 Å². The molecule has 4 rings (SSSR count). The largest absolute Gasteiger partial charge is 0.449 e. The minimum atomic E-state index is -0.246. The molecule has 0 spiro atoms. The molecule has 10 nitrogen and oxygen atoms in total. The van der Waals surface area contributed by atoms with Gasteiger partial charge in [-0.2, -0.15) is 10.2 Å². The number of aryl methyl sites for hydroxylation is 1. The Bertz CT molecular complexity index is 1080. The third kappa shape index (κ3) is 6.55. The highest BCUT2D eigenvalue weighted by atomic mass is 16.6. The van der Waals surface area contributed by atoms with E-state index >= 15 is 0 Å². The van der Waals surface area contributed by atoms with Gasteiger partial charge in [-0.3, -0.25) is 0 Å². The average molecular weight is 493 g/mol. The van der Waals surface area contributed by atoms with Crippen LogP contribution in [0.1, 0.15) is 37.3 Å². The van der Waals surface area contributed by atoms with E-state index in [0.29, 0.717) is 37.0 Å². The molecule has 1 amide bonds. The summed E-state index contributed by atoms with van der Waals surface area (Å²) < 4.78 is 5.19. The molecule has 2 saturated heterocycles. The first-order chi connectivity index (χ1) is 17.6. The second kappa shape index (κ2) is 12.4. The van der Waals surface area contributed by atoms with E-state index in [1.807, 2.05) is 0 Å². The van der Waals surface area contributed by atoms with E-state index in [1.165, 1.54) is 17.4 Å². The predicted molar refractivity (Wildman–Crippen MR) is 141 cm³/mol. The Balaban J connectivity index is 1.38. The van der Waals surface area contributed by atoms with E-state index < -0.39 is 0 Å². The fourth-order valence-corrected chi connectivity index (χ4v) is 4.46. The third-order valence-corrected chi connectivity index (χ3v) is 6.70. The monoisotopic (exact) mass is 492 g/mol. The van der Waals surface area contributed by atoms with Gasteiger partial charge in [0, 0.05) is 57.2 Å². The fourth-order valence-electron chi connectivity index (χ4n) is 4.46. The number of cyclic esters (lactones) is 1. The van der Waals surface area contributed by atoms with Crippen LogP contribution < -0.4 is 15.5 Å². The van der Waals surface area contributed by atoms with Gasteiger partial charge in [0.25, 0.3) is 0 Å². The quantitative estimate of drug-likeness (QED) is 0.509. The van der Waals surface area contributed by atoms with Crippen molar-refractivity contribution in [3.63, 3.8) is 0 Å². The van der Waals surface area contributed by atoms with Crippen molar-refractivity contribution in [2.75, 3.05) is 75.0 Å². The molecule has 0 saturated carbocycles. The maximum absolute atomic E-state index is 12.0. The van der Waals surface area contributed by atoms with Crippen molar-refractivity contribution >= 4 is 29.2 Å². The van der Waals surface area contributed by atoms with Crippen LogP contribution in [0, 0.1) is 11.3 Å². The van der Waals surface area contributed by atoms with Gasteiger partial charge in [-0.25, -0.2) is 9.78 Å². The molecule has 0 radical (unpaired) electrons. The second-order valence-electron chi connectivity index (χ2n) is 9.27. The molecule has 1 aromatic carbocycles. The summed E-state index contributed by atoms with van der Waals surface area (Å²) in [6, 6.07) is 8.62. The number of ether oxygens (including phenoxy) is 1. The lowest BCUT2D eigenvalue weighted by atomic mass is 10.1. The molecule has 1 aromatic heterocycles. The van der Waals surface area contributed by atoms with Crippen LogP contribution in [0.15, 0.2) is 24.4 Å². The van der Waals surface area contributed by atoms with E-state index in [9.17, 15) is 10.1 Å². The normalized spacial score (nSPS) is 16.8. The van der Waals surface area contributed by atoms with Gasteiger partial charge in [-0.1, -0.05) is 6.92 Å². The summed E-state index contributed by atoms with van der Waals surface area (Å²) in [5.74, 6) is 0.926. The van der Waals surface area contributed by atoms with Crippen molar-refractivity contribution in [2.45, 2.75) is 32.6 Å². The zero-order chi connectivity index (χ0) is 25.3. The molecule has 0 aliphatic carbocycles. The Morgan fingerprint density at radius 3 is 2.78 bits per heavy atom. The summed E-state index contributed by atoms with van der Waals surface area (Å²) in [6.45, 7) is 8.72. The molecule has 2 aliphatic rings. The summed E-state index contributed by atoms with van der Waals surface area (Å²) >= 11 is 0. The van der Waals surface area contributed by atoms with Crippen molar-refractivity contribution < 1.29 is 9.53 Å². The summed E-state index contributed by atoms with van der Waals surface area (Å²) in [5, 5.41) is 16.1. The predicted octanol–water partition coefficient (Wildman–Crippen LogP) is 3.44. The minimum absolute atomic E-state index is 0.246. The number of carbonyl (C=O) groups excluding carboxylic acids is 1. The summed E-state index contributed by atoms with van der Waals surface area (Å²) in [5.41, 5.74) is 3.78. The molecular formula is C26H36N8O2. The lowest BCUT2D eigenvalue weighted by Gasteiger charge is -2.34. The number of carbonyl (C=O) groups is 1.